The Labute approximate surface area is 127 Å². The fraction of sp³-hybridized carbons (Fsp3) is 0.533. The Balaban J connectivity index is 1.53. The minimum atomic E-state index is -0.781. The first-order valence-corrected chi connectivity index (χ1v) is 7.37. The van der Waals surface area contributed by atoms with Gasteiger partial charge in [0.1, 0.15) is 11.6 Å². The standard InChI is InChI=1S/C15H18F2N2O3/c16-11-1-2-13(12(17)9-11)18-15(20)19-5-3-10(4-6-19)14-21-7-8-22-14/h1-2,9-10,14H,3-8H2,(H,18,20). The van der Waals surface area contributed by atoms with Crippen LogP contribution < -0.4 is 5.32 Å². The number of ether oxygens (including phenoxy) is 2. The first-order valence-electron chi connectivity index (χ1n) is 7.37. The molecule has 0 saturated carbocycles. The lowest BCUT2D eigenvalue weighted by Gasteiger charge is -2.33. The molecule has 1 aromatic carbocycles. The van der Waals surface area contributed by atoms with Crippen molar-refractivity contribution in [3.63, 3.8) is 0 Å². The number of rotatable bonds is 2. The molecule has 2 aliphatic rings. The molecule has 0 bridgehead atoms. The number of hydrogen-bond acceptors (Lipinski definition) is 3. The van der Waals surface area contributed by atoms with Gasteiger partial charge in [0.25, 0.3) is 0 Å². The van der Waals surface area contributed by atoms with Gasteiger partial charge < -0.3 is 19.7 Å². The summed E-state index contributed by atoms with van der Waals surface area (Å²) < 4.78 is 37.4. The van der Waals surface area contributed by atoms with Crippen LogP contribution in [0.5, 0.6) is 0 Å². The van der Waals surface area contributed by atoms with Crippen LogP contribution in [0.25, 0.3) is 0 Å². The Kier molecular flexibility index (Phi) is 4.54. The SMILES string of the molecule is O=C(Nc1ccc(F)cc1F)N1CCC(C2OCCO2)CC1. The van der Waals surface area contributed by atoms with Crippen molar-refractivity contribution >= 4 is 11.7 Å². The van der Waals surface area contributed by atoms with Gasteiger partial charge in [0.15, 0.2) is 6.29 Å². The normalized spacial score (nSPS) is 20.4. The molecular formula is C15H18F2N2O3. The lowest BCUT2D eigenvalue weighted by Crippen LogP contribution is -2.43. The van der Waals surface area contributed by atoms with E-state index in [2.05, 4.69) is 5.32 Å². The third-order valence-electron chi connectivity index (χ3n) is 4.03. The smallest absolute Gasteiger partial charge is 0.321 e. The third-order valence-corrected chi connectivity index (χ3v) is 4.03. The molecule has 2 aliphatic heterocycles. The molecule has 2 fully saturated rings. The predicted octanol–water partition coefficient (Wildman–Crippen LogP) is 2.58. The van der Waals surface area contributed by atoms with Crippen molar-refractivity contribution in [1.82, 2.24) is 4.90 Å². The molecule has 0 unspecified atom stereocenters. The number of carbonyl (C=O) groups excluding carboxylic acids is 1. The van der Waals surface area contributed by atoms with Crippen molar-refractivity contribution in [1.29, 1.82) is 0 Å². The van der Waals surface area contributed by atoms with E-state index in [9.17, 15) is 13.6 Å². The van der Waals surface area contributed by atoms with Gasteiger partial charge in [-0.2, -0.15) is 0 Å². The summed E-state index contributed by atoms with van der Waals surface area (Å²) in [6.07, 6.45) is 1.40. The summed E-state index contributed by atoms with van der Waals surface area (Å²) >= 11 is 0. The van der Waals surface area contributed by atoms with Crippen LogP contribution in [0.4, 0.5) is 19.3 Å². The van der Waals surface area contributed by atoms with E-state index >= 15 is 0 Å². The minimum absolute atomic E-state index is 0.0176. The second-order valence-electron chi connectivity index (χ2n) is 5.49. The highest BCUT2D eigenvalue weighted by atomic mass is 19.1. The number of piperidine rings is 1. The van der Waals surface area contributed by atoms with Crippen LogP contribution in [-0.4, -0.2) is 43.5 Å². The molecular weight excluding hydrogens is 294 g/mol. The van der Waals surface area contributed by atoms with Crippen LogP contribution in [0, 0.1) is 17.6 Å². The molecule has 0 radical (unpaired) electrons. The third kappa shape index (κ3) is 3.36. The quantitative estimate of drug-likeness (QED) is 0.913. The highest BCUT2D eigenvalue weighted by Crippen LogP contribution is 2.26. The van der Waals surface area contributed by atoms with Crippen molar-refractivity contribution in [2.24, 2.45) is 5.92 Å². The number of halogens is 2. The lowest BCUT2D eigenvalue weighted by atomic mass is 9.96. The molecule has 1 N–H and O–H groups in total. The summed E-state index contributed by atoms with van der Waals surface area (Å²) in [5, 5.41) is 2.47. The van der Waals surface area contributed by atoms with Crippen LogP contribution in [-0.2, 0) is 9.47 Å². The predicted molar refractivity (Wildman–Crippen MR) is 75.4 cm³/mol. The second-order valence-corrected chi connectivity index (χ2v) is 5.49. The van der Waals surface area contributed by atoms with Crippen LogP contribution in [0.3, 0.4) is 0 Å². The first kappa shape index (κ1) is 15.2. The summed E-state index contributed by atoms with van der Waals surface area (Å²) in [6, 6.07) is 2.70. The molecule has 1 aromatic rings. The molecule has 22 heavy (non-hydrogen) atoms. The van der Waals surface area contributed by atoms with Gasteiger partial charge in [0.2, 0.25) is 0 Å². The molecule has 7 heteroatoms. The molecule has 2 heterocycles. The maximum absolute atomic E-state index is 13.5. The van der Waals surface area contributed by atoms with E-state index in [4.69, 9.17) is 9.47 Å². The number of anilines is 1. The Hall–Kier alpha value is -1.73. The van der Waals surface area contributed by atoms with E-state index in [1.54, 1.807) is 4.90 Å². The number of nitrogens with one attached hydrogen (secondary N) is 1. The van der Waals surface area contributed by atoms with Crippen molar-refractivity contribution in [2.45, 2.75) is 19.1 Å². The van der Waals surface area contributed by atoms with Gasteiger partial charge in [0.05, 0.1) is 18.9 Å². The largest absolute Gasteiger partial charge is 0.350 e. The number of urea groups is 1. The number of amides is 2. The van der Waals surface area contributed by atoms with Gasteiger partial charge in [-0.3, -0.25) is 0 Å². The zero-order valence-electron chi connectivity index (χ0n) is 12.1. The van der Waals surface area contributed by atoms with Crippen molar-refractivity contribution < 1.29 is 23.0 Å². The first-order chi connectivity index (χ1) is 10.6. The summed E-state index contributed by atoms with van der Waals surface area (Å²) in [7, 11) is 0. The Morgan fingerprint density at radius 3 is 2.50 bits per heavy atom. The maximum atomic E-state index is 13.5. The fourth-order valence-corrected chi connectivity index (χ4v) is 2.81. The van der Waals surface area contributed by atoms with Crippen molar-refractivity contribution in [2.75, 3.05) is 31.6 Å². The molecule has 0 aromatic heterocycles. The van der Waals surface area contributed by atoms with Gasteiger partial charge in [-0.15, -0.1) is 0 Å². The summed E-state index contributed by atoms with van der Waals surface area (Å²) in [6.45, 7) is 2.36. The van der Waals surface area contributed by atoms with E-state index < -0.39 is 11.6 Å². The van der Waals surface area contributed by atoms with Crippen molar-refractivity contribution in [3.05, 3.63) is 29.8 Å². The number of benzene rings is 1. The van der Waals surface area contributed by atoms with Gasteiger partial charge in [-0.05, 0) is 25.0 Å². The van der Waals surface area contributed by atoms with Crippen LogP contribution in [0.1, 0.15) is 12.8 Å². The molecule has 3 rings (SSSR count). The average molecular weight is 312 g/mol. The molecule has 0 atom stereocenters. The van der Waals surface area contributed by atoms with Gasteiger partial charge in [0, 0.05) is 25.1 Å². The summed E-state index contributed by atoms with van der Waals surface area (Å²) in [4.78, 5) is 13.7. The lowest BCUT2D eigenvalue weighted by molar-refractivity contribution is -0.0950. The number of nitrogens with zero attached hydrogens (tertiary/aromatic N) is 1. The number of hydrogen-bond donors (Lipinski definition) is 1. The highest BCUT2D eigenvalue weighted by Gasteiger charge is 2.31. The fourth-order valence-electron chi connectivity index (χ4n) is 2.81. The monoisotopic (exact) mass is 312 g/mol. The van der Waals surface area contributed by atoms with Crippen LogP contribution in [0.15, 0.2) is 18.2 Å². The summed E-state index contributed by atoms with van der Waals surface area (Å²) in [5.41, 5.74) is -0.0176. The van der Waals surface area contributed by atoms with Gasteiger partial charge in [-0.1, -0.05) is 0 Å². The van der Waals surface area contributed by atoms with Crippen LogP contribution in [0.2, 0.25) is 0 Å². The number of likely N-dealkylation sites (tertiary alicyclic amines) is 1. The van der Waals surface area contributed by atoms with E-state index in [-0.39, 0.29) is 23.9 Å². The van der Waals surface area contributed by atoms with E-state index in [1.165, 1.54) is 6.07 Å². The Bertz CT molecular complexity index is 542. The van der Waals surface area contributed by atoms with E-state index in [0.717, 1.165) is 25.0 Å². The second kappa shape index (κ2) is 6.58. The zero-order chi connectivity index (χ0) is 15.5. The molecule has 0 spiro atoms. The topological polar surface area (TPSA) is 50.8 Å². The zero-order valence-corrected chi connectivity index (χ0v) is 12.1. The molecule has 2 amide bonds. The highest BCUT2D eigenvalue weighted by molar-refractivity contribution is 5.89. The Morgan fingerprint density at radius 2 is 1.86 bits per heavy atom. The number of carbonyl (C=O) groups is 1. The summed E-state index contributed by atoms with van der Waals surface area (Å²) in [5.74, 6) is -1.17. The molecule has 120 valence electrons. The Morgan fingerprint density at radius 1 is 1.18 bits per heavy atom. The van der Waals surface area contributed by atoms with Crippen LogP contribution >= 0.6 is 0 Å². The molecule has 2 saturated heterocycles. The van der Waals surface area contributed by atoms with Crippen molar-refractivity contribution in [3.8, 4) is 0 Å². The van der Waals surface area contributed by atoms with Gasteiger partial charge >= 0.3 is 6.03 Å². The maximum Gasteiger partial charge on any atom is 0.321 e. The van der Waals surface area contributed by atoms with E-state index in [0.29, 0.717) is 26.3 Å². The molecule has 0 aliphatic carbocycles. The van der Waals surface area contributed by atoms with Gasteiger partial charge in [-0.25, -0.2) is 13.6 Å². The molecule has 5 nitrogen and oxygen atoms in total. The average Bonchev–Trinajstić information content (AvgIpc) is 3.04. The minimum Gasteiger partial charge on any atom is -0.350 e. The van der Waals surface area contributed by atoms with E-state index in [1.807, 2.05) is 0 Å².